The van der Waals surface area contributed by atoms with Crippen LogP contribution >= 0.6 is 11.8 Å². The molecule has 0 aliphatic carbocycles. The van der Waals surface area contributed by atoms with Crippen LogP contribution in [0.1, 0.15) is 26.3 Å². The zero-order valence-electron chi connectivity index (χ0n) is 35.6. The van der Waals surface area contributed by atoms with Crippen LogP contribution < -0.4 is 14.7 Å². The van der Waals surface area contributed by atoms with E-state index < -0.39 is 0 Å². The molecule has 0 fully saturated rings. The van der Waals surface area contributed by atoms with Crippen molar-refractivity contribution < 1.29 is 0 Å². The molecule has 0 saturated carbocycles. The van der Waals surface area contributed by atoms with Crippen molar-refractivity contribution in [2.24, 2.45) is 0 Å². The average Bonchev–Trinajstić information content (AvgIpc) is 3.66. The summed E-state index contributed by atoms with van der Waals surface area (Å²) < 4.78 is 0. The molecule has 8 aromatic carbocycles. The standard InChI is InChI=1S/C58H46N4S/c1-58(2,3)42-35-50(40-19-6-4-7-20-40)57(51(36-42)41-21-8-5-9-22-41)61-39-60(53-29-14-15-30-54(53)61)43-23-18-24-44(37-43)63-45-32-33-49-47-26-11-10-25-46(47)48-27-12-13-28-52(48)62(55(49)38-45)56-31-16-17-34-59-56/h4-38H,39H2,1-3H3. The number of para-hydroxylation sites is 3. The van der Waals surface area contributed by atoms with Crippen molar-refractivity contribution in [3.8, 4) is 44.5 Å². The summed E-state index contributed by atoms with van der Waals surface area (Å²) in [6.07, 6.45) is 1.88. The Morgan fingerprint density at radius 3 is 1.62 bits per heavy atom. The topological polar surface area (TPSA) is 22.6 Å². The highest BCUT2D eigenvalue weighted by atomic mass is 32.2. The molecule has 0 unspecified atom stereocenters. The molecule has 5 heteroatoms. The summed E-state index contributed by atoms with van der Waals surface area (Å²) in [5.41, 5.74) is 17.9. The molecule has 63 heavy (non-hydrogen) atoms. The zero-order chi connectivity index (χ0) is 42.5. The fraction of sp³-hybridized carbons (Fsp3) is 0.0862. The van der Waals surface area contributed by atoms with Crippen LogP contribution in [-0.4, -0.2) is 11.7 Å². The van der Waals surface area contributed by atoms with Crippen molar-refractivity contribution in [1.82, 2.24) is 4.98 Å². The number of pyridine rings is 1. The van der Waals surface area contributed by atoms with Gasteiger partial charge >= 0.3 is 0 Å². The minimum Gasteiger partial charge on any atom is -0.321 e. The summed E-state index contributed by atoms with van der Waals surface area (Å²) >= 11 is 1.79. The Balaban J connectivity index is 0.999. The van der Waals surface area contributed by atoms with E-state index in [1.165, 1.54) is 72.0 Å². The van der Waals surface area contributed by atoms with Gasteiger partial charge in [0.05, 0.1) is 28.4 Å². The molecule has 304 valence electrons. The van der Waals surface area contributed by atoms with Crippen LogP contribution in [0.5, 0.6) is 0 Å². The Kier molecular flexibility index (Phi) is 9.70. The Labute approximate surface area is 374 Å². The van der Waals surface area contributed by atoms with Crippen LogP contribution in [0.4, 0.5) is 39.9 Å². The Morgan fingerprint density at radius 2 is 0.984 bits per heavy atom. The van der Waals surface area contributed by atoms with Gasteiger partial charge in [0.1, 0.15) is 12.5 Å². The molecule has 4 nitrogen and oxygen atoms in total. The van der Waals surface area contributed by atoms with Crippen molar-refractivity contribution in [3.63, 3.8) is 0 Å². The van der Waals surface area contributed by atoms with E-state index in [4.69, 9.17) is 4.98 Å². The molecule has 2 aliphatic heterocycles. The summed E-state index contributed by atoms with van der Waals surface area (Å²) in [5, 5.41) is 0. The highest BCUT2D eigenvalue weighted by molar-refractivity contribution is 7.99. The molecule has 0 bridgehead atoms. The van der Waals surface area contributed by atoms with Crippen molar-refractivity contribution in [1.29, 1.82) is 0 Å². The third kappa shape index (κ3) is 7.05. The van der Waals surface area contributed by atoms with Crippen LogP contribution in [0.2, 0.25) is 0 Å². The van der Waals surface area contributed by atoms with Gasteiger partial charge in [-0.2, -0.15) is 0 Å². The van der Waals surface area contributed by atoms with Crippen LogP contribution in [0, 0.1) is 0 Å². The van der Waals surface area contributed by atoms with Gasteiger partial charge < -0.3 is 9.80 Å². The van der Waals surface area contributed by atoms with Gasteiger partial charge in [0.2, 0.25) is 0 Å². The molecule has 2 aliphatic rings. The maximum atomic E-state index is 4.89. The fourth-order valence-corrected chi connectivity index (χ4v) is 10.1. The second-order valence-corrected chi connectivity index (χ2v) is 18.4. The van der Waals surface area contributed by atoms with E-state index in [1.54, 1.807) is 11.8 Å². The first-order chi connectivity index (χ1) is 30.9. The van der Waals surface area contributed by atoms with E-state index in [1.807, 2.05) is 12.3 Å². The van der Waals surface area contributed by atoms with Crippen molar-refractivity contribution in [2.45, 2.75) is 36.0 Å². The van der Waals surface area contributed by atoms with Gasteiger partial charge in [0.15, 0.2) is 0 Å². The first kappa shape index (κ1) is 38.6. The van der Waals surface area contributed by atoms with Gasteiger partial charge in [-0.15, -0.1) is 0 Å². The number of hydrogen-bond donors (Lipinski definition) is 0. The van der Waals surface area contributed by atoms with Gasteiger partial charge in [0, 0.05) is 43.9 Å². The first-order valence-electron chi connectivity index (χ1n) is 21.6. The lowest BCUT2D eigenvalue weighted by atomic mass is 9.82. The normalized spacial score (nSPS) is 12.9. The molecule has 3 heterocycles. The second-order valence-electron chi connectivity index (χ2n) is 17.3. The summed E-state index contributed by atoms with van der Waals surface area (Å²) in [4.78, 5) is 14.5. The highest BCUT2D eigenvalue weighted by Crippen LogP contribution is 2.53. The molecule has 0 atom stereocenters. The van der Waals surface area contributed by atoms with Crippen LogP contribution in [0.15, 0.2) is 222 Å². The summed E-state index contributed by atoms with van der Waals surface area (Å²) in [6, 6.07) is 75.0. The molecule has 0 saturated heterocycles. The lowest BCUT2D eigenvalue weighted by Crippen LogP contribution is -2.25. The van der Waals surface area contributed by atoms with Gasteiger partial charge in [-0.25, -0.2) is 4.98 Å². The number of aromatic nitrogens is 1. The Morgan fingerprint density at radius 1 is 0.429 bits per heavy atom. The quantitative estimate of drug-likeness (QED) is 0.159. The second kappa shape index (κ2) is 15.8. The Hall–Kier alpha value is -7.34. The first-order valence-corrected chi connectivity index (χ1v) is 22.5. The van der Waals surface area contributed by atoms with Crippen LogP contribution in [0.25, 0.3) is 44.5 Å². The predicted molar refractivity (Wildman–Crippen MR) is 266 cm³/mol. The fourth-order valence-electron chi connectivity index (χ4n) is 9.21. The Bertz CT molecular complexity index is 3060. The summed E-state index contributed by atoms with van der Waals surface area (Å²) in [6.45, 7) is 7.59. The average molecular weight is 831 g/mol. The van der Waals surface area contributed by atoms with Crippen molar-refractivity contribution >= 4 is 51.7 Å². The summed E-state index contributed by atoms with van der Waals surface area (Å²) in [7, 11) is 0. The van der Waals surface area contributed by atoms with Gasteiger partial charge in [-0.3, -0.25) is 4.90 Å². The highest BCUT2D eigenvalue weighted by Gasteiger charge is 2.33. The largest absolute Gasteiger partial charge is 0.321 e. The van der Waals surface area contributed by atoms with Gasteiger partial charge in [-0.05, 0) is 106 Å². The minimum absolute atomic E-state index is 0.0401. The third-order valence-electron chi connectivity index (χ3n) is 12.3. The summed E-state index contributed by atoms with van der Waals surface area (Å²) in [5.74, 6) is 0.888. The van der Waals surface area contributed by atoms with E-state index in [0.717, 1.165) is 27.8 Å². The maximum Gasteiger partial charge on any atom is 0.137 e. The van der Waals surface area contributed by atoms with Crippen molar-refractivity contribution in [2.75, 3.05) is 21.4 Å². The number of anilines is 7. The predicted octanol–water partition coefficient (Wildman–Crippen LogP) is 16.2. The van der Waals surface area contributed by atoms with E-state index in [2.05, 4.69) is 236 Å². The maximum absolute atomic E-state index is 4.89. The molecular formula is C58H46N4S. The van der Waals surface area contributed by atoms with Crippen LogP contribution in [-0.2, 0) is 5.41 Å². The number of rotatable bonds is 7. The molecule has 0 N–H and O–H groups in total. The number of benzene rings is 8. The monoisotopic (exact) mass is 830 g/mol. The number of hydrogen-bond acceptors (Lipinski definition) is 5. The lowest BCUT2D eigenvalue weighted by Gasteiger charge is -2.30. The third-order valence-corrected chi connectivity index (χ3v) is 13.2. The number of fused-ring (bicyclic) bond motifs is 6. The van der Waals surface area contributed by atoms with Gasteiger partial charge in [-0.1, -0.05) is 166 Å². The van der Waals surface area contributed by atoms with E-state index in [0.29, 0.717) is 6.67 Å². The molecule has 11 rings (SSSR count). The van der Waals surface area contributed by atoms with E-state index in [-0.39, 0.29) is 5.41 Å². The smallest absolute Gasteiger partial charge is 0.137 e. The van der Waals surface area contributed by atoms with E-state index >= 15 is 0 Å². The molecular weight excluding hydrogens is 785 g/mol. The number of nitrogens with zero attached hydrogens (tertiary/aromatic N) is 4. The lowest BCUT2D eigenvalue weighted by molar-refractivity contribution is 0.590. The zero-order valence-corrected chi connectivity index (χ0v) is 36.4. The molecule has 9 aromatic rings. The van der Waals surface area contributed by atoms with E-state index in [9.17, 15) is 0 Å². The van der Waals surface area contributed by atoms with Crippen LogP contribution in [0.3, 0.4) is 0 Å². The van der Waals surface area contributed by atoms with Crippen molar-refractivity contribution in [3.05, 3.63) is 218 Å². The molecule has 1 aromatic heterocycles. The molecule has 0 spiro atoms. The minimum atomic E-state index is -0.0401. The molecule has 0 amide bonds. The molecule has 0 radical (unpaired) electrons. The van der Waals surface area contributed by atoms with Gasteiger partial charge in [0.25, 0.3) is 0 Å². The SMILES string of the molecule is CC(C)(C)c1cc(-c2ccccc2)c(N2CN(c3cccc(Sc4ccc5c(c4)N(c4ccccn4)c4ccccc4-c4ccccc4-5)c3)c3ccccc32)c(-c2ccccc2)c1.